The molecule has 0 spiro atoms. The van der Waals surface area contributed by atoms with E-state index in [4.69, 9.17) is 8.83 Å². The monoisotopic (exact) mass is 348 g/mol. The molecule has 26 heavy (non-hydrogen) atoms. The normalized spacial score (nSPS) is 11.2. The second-order valence-corrected chi connectivity index (χ2v) is 6.48. The number of hydrogen-bond donors (Lipinski definition) is 1. The average Bonchev–Trinajstić information content (AvgIpc) is 3.34. The molecule has 5 heteroatoms. The quantitative estimate of drug-likeness (QED) is 0.581. The number of aromatic nitrogens is 1. The number of furan rings is 2. The Morgan fingerprint density at radius 3 is 2.77 bits per heavy atom. The van der Waals surface area contributed by atoms with E-state index >= 15 is 0 Å². The lowest BCUT2D eigenvalue weighted by atomic mass is 10.1. The van der Waals surface area contributed by atoms with E-state index in [2.05, 4.69) is 37.4 Å². The minimum Gasteiger partial charge on any atom is -0.467 e. The summed E-state index contributed by atoms with van der Waals surface area (Å²) < 4.78 is 12.8. The van der Waals surface area contributed by atoms with Gasteiger partial charge in [-0.1, -0.05) is 23.8 Å². The molecule has 0 unspecified atom stereocenters. The first kappa shape index (κ1) is 16.3. The van der Waals surface area contributed by atoms with Crippen molar-refractivity contribution in [2.75, 3.05) is 0 Å². The minimum absolute atomic E-state index is 0.155. The Morgan fingerprint density at radius 1 is 1.08 bits per heavy atom. The number of benzene rings is 1. The minimum atomic E-state index is -0.155. The number of nitrogens with zero attached hydrogens (tertiary/aromatic N) is 1. The third kappa shape index (κ3) is 3.04. The predicted octanol–water partition coefficient (Wildman–Crippen LogP) is 4.42. The van der Waals surface area contributed by atoms with Crippen molar-refractivity contribution in [1.29, 1.82) is 0 Å². The molecule has 0 saturated carbocycles. The molecule has 0 atom stereocenters. The zero-order valence-electron chi connectivity index (χ0n) is 14.8. The largest absolute Gasteiger partial charge is 0.467 e. The Hall–Kier alpha value is -3.21. The number of hydrogen-bond acceptors (Lipinski definition) is 3. The third-order valence-electron chi connectivity index (χ3n) is 4.59. The molecule has 0 radical (unpaired) electrons. The first-order valence-corrected chi connectivity index (χ1v) is 8.55. The van der Waals surface area contributed by atoms with E-state index in [-0.39, 0.29) is 5.91 Å². The molecule has 0 saturated heterocycles. The Labute approximate surface area is 151 Å². The lowest BCUT2D eigenvalue weighted by molar-refractivity contribution is 0.0939. The maximum absolute atomic E-state index is 12.8. The number of nitrogens with one attached hydrogen (secondary N) is 1. The van der Waals surface area contributed by atoms with Crippen LogP contribution in [0.4, 0.5) is 0 Å². The summed E-state index contributed by atoms with van der Waals surface area (Å²) in [6, 6.07) is 13.7. The molecule has 132 valence electrons. The van der Waals surface area contributed by atoms with Crippen molar-refractivity contribution in [3.8, 4) is 0 Å². The SMILES string of the molecule is Cc1ccc(C)c(Cn2c(C(=O)NCc3ccco3)cc3occc32)c1. The molecule has 0 aliphatic carbocycles. The zero-order chi connectivity index (χ0) is 18.1. The zero-order valence-corrected chi connectivity index (χ0v) is 14.8. The maximum Gasteiger partial charge on any atom is 0.268 e. The first-order valence-electron chi connectivity index (χ1n) is 8.55. The van der Waals surface area contributed by atoms with Gasteiger partial charge >= 0.3 is 0 Å². The van der Waals surface area contributed by atoms with Crippen LogP contribution in [0.15, 0.2) is 63.8 Å². The molecule has 3 aromatic heterocycles. The van der Waals surface area contributed by atoms with E-state index in [1.165, 1.54) is 16.7 Å². The Balaban J connectivity index is 1.66. The number of amides is 1. The molecule has 5 nitrogen and oxygen atoms in total. The number of aryl methyl sites for hydroxylation is 2. The van der Waals surface area contributed by atoms with Gasteiger partial charge in [-0.25, -0.2) is 0 Å². The second kappa shape index (κ2) is 6.59. The summed E-state index contributed by atoms with van der Waals surface area (Å²) in [5.74, 6) is 0.563. The molecule has 3 heterocycles. The van der Waals surface area contributed by atoms with Gasteiger partial charge in [-0.3, -0.25) is 4.79 Å². The van der Waals surface area contributed by atoms with Crippen LogP contribution in [0.25, 0.3) is 11.1 Å². The van der Waals surface area contributed by atoms with Crippen LogP contribution in [-0.2, 0) is 13.1 Å². The first-order chi connectivity index (χ1) is 12.6. The smallest absolute Gasteiger partial charge is 0.268 e. The summed E-state index contributed by atoms with van der Waals surface area (Å²) in [5.41, 5.74) is 5.77. The Bertz CT molecular complexity index is 1050. The number of fused-ring (bicyclic) bond motifs is 1. The molecule has 1 amide bonds. The lowest BCUT2D eigenvalue weighted by Gasteiger charge is -2.13. The average molecular weight is 348 g/mol. The molecule has 0 fully saturated rings. The van der Waals surface area contributed by atoms with E-state index in [0.29, 0.717) is 24.4 Å². The second-order valence-electron chi connectivity index (χ2n) is 6.48. The van der Waals surface area contributed by atoms with Gasteiger partial charge in [0.15, 0.2) is 5.58 Å². The predicted molar refractivity (Wildman–Crippen MR) is 99.1 cm³/mol. The van der Waals surface area contributed by atoms with Gasteiger partial charge in [0.2, 0.25) is 0 Å². The molecule has 4 aromatic rings. The van der Waals surface area contributed by atoms with Crippen LogP contribution in [0.2, 0.25) is 0 Å². The van der Waals surface area contributed by atoms with Crippen LogP contribution in [0.1, 0.15) is 32.9 Å². The molecule has 0 bridgehead atoms. The lowest BCUT2D eigenvalue weighted by Crippen LogP contribution is -2.25. The highest BCUT2D eigenvalue weighted by molar-refractivity contribution is 5.97. The van der Waals surface area contributed by atoms with Gasteiger partial charge in [-0.2, -0.15) is 0 Å². The van der Waals surface area contributed by atoms with Crippen molar-refractivity contribution in [1.82, 2.24) is 9.88 Å². The van der Waals surface area contributed by atoms with Crippen molar-refractivity contribution >= 4 is 17.0 Å². The van der Waals surface area contributed by atoms with E-state index in [0.717, 1.165) is 11.3 Å². The fourth-order valence-corrected chi connectivity index (χ4v) is 3.15. The fourth-order valence-electron chi connectivity index (χ4n) is 3.15. The Morgan fingerprint density at radius 2 is 1.96 bits per heavy atom. The van der Waals surface area contributed by atoms with Crippen LogP contribution in [0.5, 0.6) is 0 Å². The topological polar surface area (TPSA) is 60.3 Å². The van der Waals surface area contributed by atoms with Gasteiger partial charge in [-0.15, -0.1) is 0 Å². The molecule has 1 aromatic carbocycles. The summed E-state index contributed by atoms with van der Waals surface area (Å²) in [6.45, 7) is 5.12. The van der Waals surface area contributed by atoms with Crippen molar-refractivity contribution in [3.05, 3.63) is 83.1 Å². The molecular formula is C21H20N2O3. The van der Waals surface area contributed by atoms with E-state index in [1.54, 1.807) is 24.7 Å². The van der Waals surface area contributed by atoms with Gasteiger partial charge in [0.05, 0.1) is 24.6 Å². The highest BCUT2D eigenvalue weighted by atomic mass is 16.3. The van der Waals surface area contributed by atoms with Gasteiger partial charge < -0.3 is 18.7 Å². The van der Waals surface area contributed by atoms with Crippen molar-refractivity contribution in [3.63, 3.8) is 0 Å². The van der Waals surface area contributed by atoms with E-state index in [1.807, 2.05) is 16.7 Å². The summed E-state index contributed by atoms with van der Waals surface area (Å²) in [6.07, 6.45) is 3.24. The van der Waals surface area contributed by atoms with Crippen LogP contribution in [-0.4, -0.2) is 10.5 Å². The van der Waals surface area contributed by atoms with E-state index in [9.17, 15) is 4.79 Å². The summed E-state index contributed by atoms with van der Waals surface area (Å²) >= 11 is 0. The summed E-state index contributed by atoms with van der Waals surface area (Å²) in [7, 11) is 0. The van der Waals surface area contributed by atoms with Gasteiger partial charge in [-0.05, 0) is 37.1 Å². The molecular weight excluding hydrogens is 328 g/mol. The number of carbonyl (C=O) groups excluding carboxylic acids is 1. The summed E-state index contributed by atoms with van der Waals surface area (Å²) in [4.78, 5) is 12.8. The maximum atomic E-state index is 12.8. The van der Waals surface area contributed by atoms with Gasteiger partial charge in [0.1, 0.15) is 11.5 Å². The van der Waals surface area contributed by atoms with Crippen LogP contribution in [0.3, 0.4) is 0 Å². The molecule has 0 aliphatic heterocycles. The highest BCUT2D eigenvalue weighted by Crippen LogP contribution is 2.24. The van der Waals surface area contributed by atoms with Gasteiger partial charge in [0, 0.05) is 18.7 Å². The molecule has 0 aliphatic rings. The van der Waals surface area contributed by atoms with Crippen LogP contribution >= 0.6 is 0 Å². The number of carbonyl (C=O) groups is 1. The van der Waals surface area contributed by atoms with E-state index < -0.39 is 0 Å². The Kier molecular flexibility index (Phi) is 4.13. The van der Waals surface area contributed by atoms with Crippen molar-refractivity contribution in [2.24, 2.45) is 0 Å². The highest BCUT2D eigenvalue weighted by Gasteiger charge is 2.18. The van der Waals surface area contributed by atoms with Crippen LogP contribution in [0, 0.1) is 13.8 Å². The van der Waals surface area contributed by atoms with Crippen LogP contribution < -0.4 is 5.32 Å². The third-order valence-corrected chi connectivity index (χ3v) is 4.59. The van der Waals surface area contributed by atoms with Crippen molar-refractivity contribution < 1.29 is 13.6 Å². The summed E-state index contributed by atoms with van der Waals surface area (Å²) in [5, 5.41) is 2.91. The fraction of sp³-hybridized carbons (Fsp3) is 0.190. The molecule has 1 N–H and O–H groups in total. The van der Waals surface area contributed by atoms with Crippen molar-refractivity contribution in [2.45, 2.75) is 26.9 Å². The standard InChI is InChI=1S/C21H20N2O3/c1-14-5-6-15(2)16(10-14)13-23-18-7-9-26-20(18)11-19(23)21(24)22-12-17-4-3-8-25-17/h3-11H,12-13H2,1-2H3,(H,22,24). The van der Waals surface area contributed by atoms with Gasteiger partial charge in [0.25, 0.3) is 5.91 Å². The molecule has 4 rings (SSSR count). The number of rotatable bonds is 5.